The van der Waals surface area contributed by atoms with Crippen molar-refractivity contribution in [2.24, 2.45) is 0 Å². The monoisotopic (exact) mass is 135 g/mol. The van der Waals surface area contributed by atoms with Crippen molar-refractivity contribution in [3.8, 4) is 0 Å². The Hall–Kier alpha value is -1.31. The van der Waals surface area contributed by atoms with Crippen LogP contribution in [0.25, 0.3) is 0 Å². The average Bonchev–Trinajstić information content (AvgIpc) is 1.88. The van der Waals surface area contributed by atoms with Crippen molar-refractivity contribution < 1.29 is 9.90 Å². The minimum absolute atomic E-state index is 0.266. The smallest absolute Gasteiger partial charge is 0.241 e. The molecule has 0 aromatic heterocycles. The topological polar surface area (TPSA) is 37.0 Å². The Morgan fingerprint density at radius 3 is 2.30 bits per heavy atom. The van der Waals surface area contributed by atoms with Crippen LogP contribution in [0.5, 0.6) is 0 Å². The summed E-state index contributed by atoms with van der Waals surface area (Å²) in [7, 11) is 0. The molecular weight excluding hydrogens is 128 g/mol. The second kappa shape index (κ2) is 2.52. The van der Waals surface area contributed by atoms with Gasteiger partial charge in [0.1, 0.15) is 0 Å². The van der Waals surface area contributed by atoms with E-state index in [4.69, 9.17) is 0 Å². The van der Waals surface area contributed by atoms with Crippen molar-refractivity contribution in [2.75, 3.05) is 0 Å². The standard InChI is InChI=1S/C8H7O2/c1-6-4-2-3-5-7(6)8(9)10/h2-5H,1H3. The molecule has 0 atom stereocenters. The van der Waals surface area contributed by atoms with Crippen LogP contribution in [0.2, 0.25) is 0 Å². The lowest BCUT2D eigenvalue weighted by Gasteiger charge is -1.94. The fraction of sp³-hybridized carbons (Fsp3) is 0.125. The van der Waals surface area contributed by atoms with E-state index in [-0.39, 0.29) is 5.56 Å². The number of hydrogen-bond acceptors (Lipinski definition) is 1. The predicted octanol–water partition coefficient (Wildman–Crippen LogP) is 1.57. The molecule has 1 rings (SSSR count). The minimum Gasteiger partial charge on any atom is -0.241 e. The number of benzene rings is 1. The van der Waals surface area contributed by atoms with Crippen LogP contribution in [0, 0.1) is 6.92 Å². The third-order valence-electron chi connectivity index (χ3n) is 1.36. The van der Waals surface area contributed by atoms with Gasteiger partial charge >= 0.3 is 5.97 Å². The van der Waals surface area contributed by atoms with Crippen LogP contribution in [0.15, 0.2) is 24.3 Å². The van der Waals surface area contributed by atoms with Gasteiger partial charge in [0, 0.05) is 0 Å². The Morgan fingerprint density at radius 2 is 1.90 bits per heavy atom. The summed E-state index contributed by atoms with van der Waals surface area (Å²) in [5.41, 5.74) is 1.00. The number of carbonyl (C=O) groups excluding carboxylic acids is 1. The van der Waals surface area contributed by atoms with Crippen LogP contribution < -0.4 is 0 Å². The normalized spacial score (nSPS) is 9.30. The summed E-state index contributed by atoms with van der Waals surface area (Å²) in [6.07, 6.45) is 0. The molecule has 1 radical (unpaired) electrons. The highest BCUT2D eigenvalue weighted by Crippen LogP contribution is 2.05. The molecule has 0 heterocycles. The van der Waals surface area contributed by atoms with Gasteiger partial charge in [0.15, 0.2) is 0 Å². The van der Waals surface area contributed by atoms with Crippen molar-refractivity contribution in [3.05, 3.63) is 35.4 Å². The first kappa shape index (κ1) is 6.81. The van der Waals surface area contributed by atoms with E-state index in [0.717, 1.165) is 5.56 Å². The molecule has 0 spiro atoms. The maximum absolute atomic E-state index is 10.3. The van der Waals surface area contributed by atoms with Crippen LogP contribution in [0.4, 0.5) is 0 Å². The van der Waals surface area contributed by atoms with Crippen LogP contribution >= 0.6 is 0 Å². The Balaban J connectivity index is 3.15. The summed E-state index contributed by atoms with van der Waals surface area (Å²) < 4.78 is 0. The van der Waals surface area contributed by atoms with Gasteiger partial charge in [0.2, 0.25) is 0 Å². The molecule has 0 fully saturated rings. The molecule has 2 nitrogen and oxygen atoms in total. The summed E-state index contributed by atoms with van der Waals surface area (Å²) in [6.45, 7) is 1.74. The first-order valence-electron chi connectivity index (χ1n) is 2.99. The molecule has 1 aromatic rings. The first-order valence-corrected chi connectivity index (χ1v) is 2.99. The van der Waals surface area contributed by atoms with Gasteiger partial charge in [-0.2, -0.15) is 0 Å². The molecule has 0 N–H and O–H groups in total. The van der Waals surface area contributed by atoms with E-state index in [2.05, 4.69) is 0 Å². The predicted molar refractivity (Wildman–Crippen MR) is 36.2 cm³/mol. The van der Waals surface area contributed by atoms with Crippen molar-refractivity contribution in [2.45, 2.75) is 6.92 Å². The van der Waals surface area contributed by atoms with E-state index < -0.39 is 5.97 Å². The third kappa shape index (κ3) is 1.16. The van der Waals surface area contributed by atoms with E-state index in [1.54, 1.807) is 25.1 Å². The maximum atomic E-state index is 10.3. The number of hydrogen-bond donors (Lipinski definition) is 0. The summed E-state index contributed by atoms with van der Waals surface area (Å²) in [4.78, 5) is 10.3. The molecular formula is C8H7O2. The van der Waals surface area contributed by atoms with E-state index >= 15 is 0 Å². The summed E-state index contributed by atoms with van der Waals surface area (Å²) in [6, 6.07) is 6.75. The van der Waals surface area contributed by atoms with Crippen LogP contribution in [0.1, 0.15) is 15.9 Å². The fourth-order valence-corrected chi connectivity index (χ4v) is 0.802. The highest BCUT2D eigenvalue weighted by Gasteiger charge is 2.05. The molecule has 0 aliphatic heterocycles. The molecule has 0 unspecified atom stereocenters. The second-order valence-electron chi connectivity index (χ2n) is 2.10. The number of rotatable bonds is 1. The van der Waals surface area contributed by atoms with Crippen LogP contribution in [-0.4, -0.2) is 5.97 Å². The van der Waals surface area contributed by atoms with Gasteiger partial charge in [0.25, 0.3) is 0 Å². The molecule has 0 aliphatic carbocycles. The van der Waals surface area contributed by atoms with E-state index in [9.17, 15) is 9.90 Å². The highest BCUT2D eigenvalue weighted by atomic mass is 16.4. The Morgan fingerprint density at radius 1 is 1.30 bits per heavy atom. The largest absolute Gasteiger partial charge is 0.386 e. The molecule has 0 aliphatic rings. The Kier molecular flexibility index (Phi) is 1.71. The van der Waals surface area contributed by atoms with Crippen molar-refractivity contribution in [3.63, 3.8) is 0 Å². The Bertz CT molecular complexity index is 253. The van der Waals surface area contributed by atoms with Gasteiger partial charge in [-0.1, -0.05) is 18.2 Å². The molecule has 0 bridgehead atoms. The molecule has 0 amide bonds. The summed E-state index contributed by atoms with van der Waals surface area (Å²) in [5.74, 6) is -1.11. The third-order valence-corrected chi connectivity index (χ3v) is 1.36. The van der Waals surface area contributed by atoms with Crippen molar-refractivity contribution in [1.29, 1.82) is 0 Å². The lowest BCUT2D eigenvalue weighted by atomic mass is 10.1. The van der Waals surface area contributed by atoms with Crippen LogP contribution in [-0.2, 0) is 5.11 Å². The minimum atomic E-state index is -1.11. The number of aryl methyl sites for hydroxylation is 1. The van der Waals surface area contributed by atoms with Gasteiger partial charge in [0.05, 0.1) is 5.56 Å². The molecule has 51 valence electrons. The SMILES string of the molecule is Cc1ccccc1C([O])=O. The second-order valence-corrected chi connectivity index (χ2v) is 2.10. The molecule has 2 heteroatoms. The van der Waals surface area contributed by atoms with Gasteiger partial charge in [-0.25, -0.2) is 9.90 Å². The lowest BCUT2D eigenvalue weighted by molar-refractivity contribution is 0.0572. The van der Waals surface area contributed by atoms with Crippen LogP contribution in [0.3, 0.4) is 0 Å². The van der Waals surface area contributed by atoms with E-state index in [1.165, 1.54) is 6.07 Å². The molecule has 0 saturated heterocycles. The van der Waals surface area contributed by atoms with Crippen molar-refractivity contribution >= 4 is 5.97 Å². The quantitative estimate of drug-likeness (QED) is 0.575. The number of carbonyl (C=O) groups is 1. The van der Waals surface area contributed by atoms with E-state index in [1.807, 2.05) is 0 Å². The lowest BCUT2D eigenvalue weighted by Crippen LogP contribution is -1.96. The van der Waals surface area contributed by atoms with Gasteiger partial charge in [-0.15, -0.1) is 0 Å². The molecule has 0 saturated carbocycles. The Labute approximate surface area is 59.1 Å². The zero-order valence-corrected chi connectivity index (χ0v) is 5.63. The summed E-state index contributed by atoms with van der Waals surface area (Å²) >= 11 is 0. The van der Waals surface area contributed by atoms with Gasteiger partial charge in [-0.05, 0) is 18.6 Å². The van der Waals surface area contributed by atoms with Gasteiger partial charge in [-0.3, -0.25) is 0 Å². The van der Waals surface area contributed by atoms with Crippen molar-refractivity contribution in [1.82, 2.24) is 0 Å². The average molecular weight is 135 g/mol. The van der Waals surface area contributed by atoms with Gasteiger partial charge < -0.3 is 0 Å². The molecule has 10 heavy (non-hydrogen) atoms. The maximum Gasteiger partial charge on any atom is 0.386 e. The first-order chi connectivity index (χ1) is 4.72. The fourth-order valence-electron chi connectivity index (χ4n) is 0.802. The summed E-state index contributed by atoms with van der Waals surface area (Å²) in [5, 5.41) is 10.3. The van der Waals surface area contributed by atoms with E-state index in [0.29, 0.717) is 0 Å². The zero-order valence-electron chi connectivity index (χ0n) is 5.63. The zero-order chi connectivity index (χ0) is 7.56. The molecule has 1 aromatic carbocycles. The highest BCUT2D eigenvalue weighted by molar-refractivity contribution is 5.88.